The van der Waals surface area contributed by atoms with E-state index in [1.165, 1.54) is 0 Å². The third-order valence-corrected chi connectivity index (χ3v) is 1.96. The van der Waals surface area contributed by atoms with Crippen LogP contribution in [0.3, 0.4) is 0 Å². The van der Waals surface area contributed by atoms with Gasteiger partial charge in [0.1, 0.15) is 4.64 Å². The van der Waals surface area contributed by atoms with Crippen LogP contribution >= 0.6 is 12.2 Å². The van der Waals surface area contributed by atoms with Crippen molar-refractivity contribution < 1.29 is 9.90 Å². The number of aromatic nitrogens is 1. The predicted molar refractivity (Wildman–Crippen MR) is 48.0 cm³/mol. The van der Waals surface area contributed by atoms with Gasteiger partial charge in [0.2, 0.25) is 0 Å². The van der Waals surface area contributed by atoms with E-state index in [0.717, 1.165) is 5.56 Å². The molecule has 0 spiro atoms. The normalized spacial score (nSPS) is 9.75. The molecular formula is C8H9NO2S. The van der Waals surface area contributed by atoms with Gasteiger partial charge in [0, 0.05) is 6.20 Å². The van der Waals surface area contributed by atoms with E-state index in [0.29, 0.717) is 11.1 Å². The summed E-state index contributed by atoms with van der Waals surface area (Å²) in [5, 5.41) is 8.79. The Balaban J connectivity index is 3.40. The van der Waals surface area contributed by atoms with Crippen LogP contribution in [-0.2, 0) is 6.42 Å². The third kappa shape index (κ3) is 1.53. The molecule has 0 aromatic carbocycles. The molecule has 0 atom stereocenters. The van der Waals surface area contributed by atoms with Crippen molar-refractivity contribution in [3.63, 3.8) is 0 Å². The minimum Gasteiger partial charge on any atom is -0.478 e. The van der Waals surface area contributed by atoms with Gasteiger partial charge in [0.25, 0.3) is 0 Å². The van der Waals surface area contributed by atoms with Crippen LogP contribution in [-0.4, -0.2) is 16.1 Å². The molecule has 1 aromatic heterocycles. The molecule has 0 aliphatic carbocycles. The zero-order chi connectivity index (χ0) is 9.14. The lowest BCUT2D eigenvalue weighted by Crippen LogP contribution is -2.03. The molecule has 0 fully saturated rings. The molecule has 64 valence electrons. The molecule has 1 aromatic rings. The van der Waals surface area contributed by atoms with Crippen molar-refractivity contribution >= 4 is 18.2 Å². The molecule has 0 radical (unpaired) electrons. The fourth-order valence-corrected chi connectivity index (χ4v) is 1.33. The third-order valence-electron chi connectivity index (χ3n) is 1.64. The Morgan fingerprint density at radius 2 is 2.42 bits per heavy atom. The molecule has 0 unspecified atom stereocenters. The second-order valence-electron chi connectivity index (χ2n) is 2.37. The summed E-state index contributed by atoms with van der Waals surface area (Å²) in [6, 6.07) is 1.74. The topological polar surface area (TPSA) is 53.1 Å². The van der Waals surface area contributed by atoms with Crippen LogP contribution < -0.4 is 0 Å². The van der Waals surface area contributed by atoms with Gasteiger partial charge in [-0.15, -0.1) is 0 Å². The van der Waals surface area contributed by atoms with Gasteiger partial charge in [-0.3, -0.25) is 0 Å². The van der Waals surface area contributed by atoms with Crippen LogP contribution in [0.5, 0.6) is 0 Å². The zero-order valence-corrected chi connectivity index (χ0v) is 7.44. The van der Waals surface area contributed by atoms with Crippen molar-refractivity contribution in [1.29, 1.82) is 0 Å². The number of H-pyrrole nitrogens is 1. The molecule has 1 heterocycles. The van der Waals surface area contributed by atoms with Crippen molar-refractivity contribution in [3.8, 4) is 0 Å². The van der Waals surface area contributed by atoms with Gasteiger partial charge in [-0.25, -0.2) is 4.79 Å². The number of aryl methyl sites for hydroxylation is 1. The monoisotopic (exact) mass is 183 g/mol. The van der Waals surface area contributed by atoms with E-state index in [2.05, 4.69) is 4.98 Å². The highest BCUT2D eigenvalue weighted by molar-refractivity contribution is 7.71. The number of hydrogen-bond donors (Lipinski definition) is 2. The number of carbonyl (C=O) groups is 1. The Morgan fingerprint density at radius 3 is 2.83 bits per heavy atom. The first kappa shape index (κ1) is 8.93. The smallest absolute Gasteiger partial charge is 0.338 e. The van der Waals surface area contributed by atoms with Gasteiger partial charge in [-0.1, -0.05) is 19.1 Å². The van der Waals surface area contributed by atoms with Gasteiger partial charge < -0.3 is 10.1 Å². The second-order valence-corrected chi connectivity index (χ2v) is 2.77. The molecule has 0 saturated heterocycles. The summed E-state index contributed by atoms with van der Waals surface area (Å²) in [6.07, 6.45) is 2.34. The lowest BCUT2D eigenvalue weighted by molar-refractivity contribution is 0.0694. The molecule has 1 rings (SSSR count). The Labute approximate surface area is 75.1 Å². The van der Waals surface area contributed by atoms with Crippen molar-refractivity contribution in [3.05, 3.63) is 28.0 Å². The SMILES string of the molecule is CCc1cc[nH]c(=S)c1C(=O)O. The van der Waals surface area contributed by atoms with E-state index in [9.17, 15) is 4.79 Å². The molecule has 12 heavy (non-hydrogen) atoms. The number of pyridine rings is 1. The largest absolute Gasteiger partial charge is 0.478 e. The predicted octanol–water partition coefficient (Wildman–Crippen LogP) is 2.00. The minimum atomic E-state index is -0.964. The molecule has 0 saturated carbocycles. The van der Waals surface area contributed by atoms with E-state index in [1.54, 1.807) is 12.3 Å². The summed E-state index contributed by atoms with van der Waals surface area (Å²) >= 11 is 4.85. The number of nitrogens with one attached hydrogen (secondary N) is 1. The zero-order valence-electron chi connectivity index (χ0n) is 6.63. The highest BCUT2D eigenvalue weighted by Crippen LogP contribution is 2.09. The summed E-state index contributed by atoms with van der Waals surface area (Å²) in [7, 11) is 0. The number of aromatic carboxylic acids is 1. The molecule has 0 aliphatic rings. The van der Waals surface area contributed by atoms with Crippen molar-refractivity contribution in [2.24, 2.45) is 0 Å². The number of rotatable bonds is 2. The lowest BCUT2D eigenvalue weighted by atomic mass is 10.1. The Morgan fingerprint density at radius 1 is 1.75 bits per heavy atom. The summed E-state index contributed by atoms with van der Waals surface area (Å²) in [5.74, 6) is -0.964. The molecule has 3 nitrogen and oxygen atoms in total. The standard InChI is InChI=1S/C8H9NO2S/c1-2-5-3-4-9-7(12)6(5)8(10)11/h3-4H,2H2,1H3,(H,9,12)(H,10,11). The summed E-state index contributed by atoms with van der Waals surface area (Å²) in [6.45, 7) is 1.90. The summed E-state index contributed by atoms with van der Waals surface area (Å²) in [5.41, 5.74) is 0.987. The van der Waals surface area contributed by atoms with E-state index in [-0.39, 0.29) is 5.56 Å². The molecular weight excluding hydrogens is 174 g/mol. The fraction of sp³-hybridized carbons (Fsp3) is 0.250. The fourth-order valence-electron chi connectivity index (χ4n) is 1.05. The van der Waals surface area contributed by atoms with Crippen LogP contribution in [0.2, 0.25) is 0 Å². The number of carboxylic acid groups (broad SMARTS) is 1. The summed E-state index contributed by atoms with van der Waals surface area (Å²) < 4.78 is 0.293. The van der Waals surface area contributed by atoms with Crippen LogP contribution in [0.1, 0.15) is 22.8 Å². The minimum absolute atomic E-state index is 0.218. The first-order valence-corrected chi connectivity index (χ1v) is 4.01. The van der Waals surface area contributed by atoms with Gasteiger partial charge in [-0.05, 0) is 18.1 Å². The van der Waals surface area contributed by atoms with Gasteiger partial charge in [0.15, 0.2) is 0 Å². The highest BCUT2D eigenvalue weighted by atomic mass is 32.1. The van der Waals surface area contributed by atoms with Crippen molar-refractivity contribution in [2.75, 3.05) is 0 Å². The van der Waals surface area contributed by atoms with Gasteiger partial charge >= 0.3 is 5.97 Å². The van der Waals surface area contributed by atoms with Crippen LogP contribution in [0.25, 0.3) is 0 Å². The maximum absolute atomic E-state index is 10.7. The maximum atomic E-state index is 10.7. The molecule has 4 heteroatoms. The molecule has 0 aliphatic heterocycles. The van der Waals surface area contributed by atoms with E-state index in [4.69, 9.17) is 17.3 Å². The number of aromatic amines is 1. The van der Waals surface area contributed by atoms with Crippen molar-refractivity contribution in [1.82, 2.24) is 4.98 Å². The quantitative estimate of drug-likeness (QED) is 0.689. The first-order chi connectivity index (χ1) is 5.66. The average Bonchev–Trinajstić information content (AvgIpc) is 2.03. The highest BCUT2D eigenvalue weighted by Gasteiger charge is 2.09. The van der Waals surface area contributed by atoms with Gasteiger partial charge in [0.05, 0.1) is 5.56 Å². The number of hydrogen-bond acceptors (Lipinski definition) is 2. The molecule has 0 amide bonds. The maximum Gasteiger partial charge on any atom is 0.338 e. The van der Waals surface area contributed by atoms with E-state index >= 15 is 0 Å². The molecule has 0 bridgehead atoms. The van der Waals surface area contributed by atoms with Crippen LogP contribution in [0.4, 0.5) is 0 Å². The first-order valence-electron chi connectivity index (χ1n) is 3.60. The summed E-state index contributed by atoms with van der Waals surface area (Å²) in [4.78, 5) is 13.4. The van der Waals surface area contributed by atoms with Gasteiger partial charge in [-0.2, -0.15) is 0 Å². The van der Waals surface area contributed by atoms with Crippen LogP contribution in [0, 0.1) is 4.64 Å². The Hall–Kier alpha value is -1.16. The van der Waals surface area contributed by atoms with Crippen molar-refractivity contribution in [2.45, 2.75) is 13.3 Å². The average molecular weight is 183 g/mol. The van der Waals surface area contributed by atoms with Crippen LogP contribution in [0.15, 0.2) is 12.3 Å². The second kappa shape index (κ2) is 3.49. The lowest BCUT2D eigenvalue weighted by Gasteiger charge is -2.01. The number of carboxylic acids is 1. The Kier molecular flexibility index (Phi) is 2.60. The Bertz CT molecular complexity index is 356. The molecule has 2 N–H and O–H groups in total. The van der Waals surface area contributed by atoms with E-state index < -0.39 is 5.97 Å². The van der Waals surface area contributed by atoms with E-state index in [1.807, 2.05) is 6.92 Å².